The van der Waals surface area contributed by atoms with Gasteiger partial charge in [-0.3, -0.25) is 10.1 Å². The number of hydrogen-bond donors (Lipinski definition) is 3. The highest BCUT2D eigenvalue weighted by atomic mass is 19.1. The molecule has 3 amide bonds. The summed E-state index contributed by atoms with van der Waals surface area (Å²) in [6, 6.07) is 3.26. The molecule has 0 aliphatic rings. The fourth-order valence-electron chi connectivity index (χ4n) is 1.30. The molecule has 1 atom stereocenters. The molecule has 0 aromatic heterocycles. The van der Waals surface area contributed by atoms with Crippen LogP contribution in [-0.4, -0.2) is 18.0 Å². The van der Waals surface area contributed by atoms with Crippen LogP contribution in [-0.2, 0) is 11.3 Å². The van der Waals surface area contributed by atoms with Crippen LogP contribution in [0.3, 0.4) is 0 Å². The highest BCUT2D eigenvalue weighted by Crippen LogP contribution is 2.23. The van der Waals surface area contributed by atoms with E-state index in [9.17, 15) is 14.0 Å². The maximum absolute atomic E-state index is 13.5. The van der Waals surface area contributed by atoms with E-state index in [1.54, 1.807) is 6.07 Å². The third-order valence-electron chi connectivity index (χ3n) is 2.18. The van der Waals surface area contributed by atoms with E-state index in [4.69, 9.17) is 16.2 Å². The van der Waals surface area contributed by atoms with Crippen molar-refractivity contribution in [2.75, 3.05) is 0 Å². The topological polar surface area (TPSA) is 107 Å². The number of hydrogen-bond acceptors (Lipinski definition) is 4. The lowest BCUT2D eigenvalue weighted by molar-refractivity contribution is -0.126. The van der Waals surface area contributed by atoms with Gasteiger partial charge in [0.1, 0.15) is 0 Å². The molecule has 7 heteroatoms. The monoisotopic (exact) mass is 255 g/mol. The average Bonchev–Trinajstić information content (AvgIpc) is 2.30. The number of carbonyl (C=O) groups is 2. The van der Waals surface area contributed by atoms with E-state index in [1.807, 2.05) is 5.32 Å². The molecule has 0 aliphatic carbocycles. The normalized spacial score (nSPS) is 11.7. The number of rotatable bonds is 4. The molecule has 1 aromatic carbocycles. The lowest BCUT2D eigenvalue weighted by atomic mass is 10.2. The van der Waals surface area contributed by atoms with Gasteiger partial charge in [-0.05, 0) is 13.0 Å². The first-order valence-corrected chi connectivity index (χ1v) is 5.20. The van der Waals surface area contributed by atoms with Gasteiger partial charge in [0, 0.05) is 12.1 Å². The Balaban J connectivity index is 2.84. The Morgan fingerprint density at radius 3 is 2.72 bits per heavy atom. The molecular formula is C11H14FN3O3. The molecule has 0 saturated carbocycles. The fraction of sp³-hybridized carbons (Fsp3) is 0.273. The zero-order chi connectivity index (χ0) is 13.7. The summed E-state index contributed by atoms with van der Waals surface area (Å²) in [6.07, 6.45) is -1.07. The summed E-state index contributed by atoms with van der Waals surface area (Å²) in [5.74, 6) is -1.49. The number of nitrogens with two attached hydrogens (primary N) is 2. The molecule has 98 valence electrons. The number of carbonyl (C=O) groups excluding carboxylic acids is 2. The second kappa shape index (κ2) is 5.97. The molecule has 18 heavy (non-hydrogen) atoms. The van der Waals surface area contributed by atoms with Gasteiger partial charge in [0.25, 0.3) is 5.91 Å². The van der Waals surface area contributed by atoms with Crippen molar-refractivity contribution in [2.45, 2.75) is 19.6 Å². The summed E-state index contributed by atoms with van der Waals surface area (Å²) in [4.78, 5) is 21.9. The quantitative estimate of drug-likeness (QED) is 0.716. The number of nitrogens with one attached hydrogen (secondary N) is 1. The van der Waals surface area contributed by atoms with Crippen LogP contribution in [0, 0.1) is 5.82 Å². The van der Waals surface area contributed by atoms with Gasteiger partial charge in [-0.2, -0.15) is 0 Å². The minimum absolute atomic E-state index is 0.0667. The Hall–Kier alpha value is -2.15. The molecule has 1 rings (SSSR count). The van der Waals surface area contributed by atoms with Gasteiger partial charge in [-0.25, -0.2) is 9.18 Å². The second-order valence-corrected chi connectivity index (χ2v) is 3.55. The first-order chi connectivity index (χ1) is 8.45. The summed E-state index contributed by atoms with van der Waals surface area (Å²) in [7, 11) is 0. The van der Waals surface area contributed by atoms with E-state index in [0.717, 1.165) is 0 Å². The van der Waals surface area contributed by atoms with Crippen LogP contribution in [0.15, 0.2) is 18.2 Å². The standard InChI is InChI=1S/C11H14FN3O3/c1-6(10(16)15-11(14)17)18-9-7(5-13)3-2-4-8(9)12/h2-4,6H,5,13H2,1H3,(H3,14,15,16,17). The van der Waals surface area contributed by atoms with Crippen LogP contribution in [0.5, 0.6) is 5.75 Å². The molecule has 0 radical (unpaired) electrons. The Labute approximate surface area is 103 Å². The molecule has 6 nitrogen and oxygen atoms in total. The number of ether oxygens (including phenoxy) is 1. The van der Waals surface area contributed by atoms with Crippen molar-refractivity contribution in [3.8, 4) is 5.75 Å². The van der Waals surface area contributed by atoms with Crippen molar-refractivity contribution in [3.63, 3.8) is 0 Å². The van der Waals surface area contributed by atoms with E-state index in [1.165, 1.54) is 19.1 Å². The number of para-hydroxylation sites is 1. The van der Waals surface area contributed by atoms with Crippen molar-refractivity contribution in [1.82, 2.24) is 5.32 Å². The summed E-state index contributed by atoms with van der Waals surface area (Å²) in [5, 5.41) is 1.84. The highest BCUT2D eigenvalue weighted by Gasteiger charge is 2.19. The van der Waals surface area contributed by atoms with Gasteiger partial charge in [-0.15, -0.1) is 0 Å². The van der Waals surface area contributed by atoms with Crippen LogP contribution in [0.1, 0.15) is 12.5 Å². The number of primary amides is 1. The number of urea groups is 1. The Morgan fingerprint density at radius 1 is 1.50 bits per heavy atom. The van der Waals surface area contributed by atoms with E-state index >= 15 is 0 Å². The average molecular weight is 255 g/mol. The lowest BCUT2D eigenvalue weighted by Crippen LogP contribution is -2.42. The zero-order valence-electron chi connectivity index (χ0n) is 9.77. The summed E-state index contributed by atoms with van der Waals surface area (Å²) in [5.41, 5.74) is 10.6. The largest absolute Gasteiger partial charge is 0.477 e. The SMILES string of the molecule is CC(Oc1c(F)cccc1CN)C(=O)NC(N)=O. The molecule has 1 unspecified atom stereocenters. The fourth-order valence-corrected chi connectivity index (χ4v) is 1.30. The summed E-state index contributed by atoms with van der Waals surface area (Å²) in [6.45, 7) is 1.43. The first-order valence-electron chi connectivity index (χ1n) is 5.20. The minimum Gasteiger partial charge on any atom is -0.477 e. The van der Waals surface area contributed by atoms with Crippen LogP contribution in [0.2, 0.25) is 0 Å². The zero-order valence-corrected chi connectivity index (χ0v) is 9.77. The molecule has 0 heterocycles. The molecule has 0 aliphatic heterocycles. The summed E-state index contributed by atoms with van der Waals surface area (Å²) >= 11 is 0. The van der Waals surface area contributed by atoms with E-state index in [-0.39, 0.29) is 12.3 Å². The Kier molecular flexibility index (Phi) is 4.61. The smallest absolute Gasteiger partial charge is 0.318 e. The van der Waals surface area contributed by atoms with Gasteiger partial charge in [0.05, 0.1) is 0 Å². The minimum atomic E-state index is -1.07. The number of halogens is 1. The third kappa shape index (κ3) is 3.42. The van der Waals surface area contributed by atoms with Crippen LogP contribution >= 0.6 is 0 Å². The molecule has 0 fully saturated rings. The highest BCUT2D eigenvalue weighted by molar-refractivity contribution is 5.95. The Morgan fingerprint density at radius 2 is 2.17 bits per heavy atom. The predicted octanol–water partition coefficient (Wildman–Crippen LogP) is 0.247. The maximum Gasteiger partial charge on any atom is 0.318 e. The number of amides is 3. The van der Waals surface area contributed by atoms with Crippen molar-refractivity contribution in [1.29, 1.82) is 0 Å². The van der Waals surface area contributed by atoms with Gasteiger partial charge in [0.15, 0.2) is 17.7 Å². The van der Waals surface area contributed by atoms with Crippen molar-refractivity contribution >= 4 is 11.9 Å². The molecule has 1 aromatic rings. The van der Waals surface area contributed by atoms with Crippen LogP contribution in [0.25, 0.3) is 0 Å². The van der Waals surface area contributed by atoms with Crippen LogP contribution < -0.4 is 21.5 Å². The van der Waals surface area contributed by atoms with Crippen molar-refractivity contribution < 1.29 is 18.7 Å². The number of benzene rings is 1. The van der Waals surface area contributed by atoms with Crippen molar-refractivity contribution in [2.24, 2.45) is 11.5 Å². The van der Waals surface area contributed by atoms with Gasteiger partial charge in [0.2, 0.25) is 0 Å². The second-order valence-electron chi connectivity index (χ2n) is 3.55. The van der Waals surface area contributed by atoms with E-state index < -0.39 is 23.9 Å². The number of imide groups is 1. The van der Waals surface area contributed by atoms with E-state index in [2.05, 4.69) is 0 Å². The van der Waals surface area contributed by atoms with Gasteiger partial charge in [-0.1, -0.05) is 12.1 Å². The molecule has 0 spiro atoms. The van der Waals surface area contributed by atoms with E-state index in [0.29, 0.717) is 5.56 Å². The van der Waals surface area contributed by atoms with Gasteiger partial charge < -0.3 is 16.2 Å². The van der Waals surface area contributed by atoms with Crippen molar-refractivity contribution in [3.05, 3.63) is 29.6 Å². The Bertz CT molecular complexity index is 465. The third-order valence-corrected chi connectivity index (χ3v) is 2.18. The molecular weight excluding hydrogens is 241 g/mol. The lowest BCUT2D eigenvalue weighted by Gasteiger charge is -2.16. The summed E-state index contributed by atoms with van der Waals surface area (Å²) < 4.78 is 18.7. The van der Waals surface area contributed by atoms with Gasteiger partial charge >= 0.3 is 6.03 Å². The first kappa shape index (κ1) is 13.9. The molecule has 0 saturated heterocycles. The predicted molar refractivity (Wildman–Crippen MR) is 62.1 cm³/mol. The maximum atomic E-state index is 13.5. The van der Waals surface area contributed by atoms with Crippen LogP contribution in [0.4, 0.5) is 9.18 Å². The molecule has 0 bridgehead atoms. The molecule has 5 N–H and O–H groups in total.